The third-order valence-electron chi connectivity index (χ3n) is 5.05. The smallest absolute Gasteiger partial charge is 0.311 e. The van der Waals surface area contributed by atoms with Gasteiger partial charge in [0.15, 0.2) is 5.76 Å². The van der Waals surface area contributed by atoms with Gasteiger partial charge in [0, 0.05) is 31.5 Å². The Morgan fingerprint density at radius 2 is 2.17 bits per heavy atom. The van der Waals surface area contributed by atoms with E-state index in [1.807, 2.05) is 13.8 Å². The average Bonchev–Trinajstić information content (AvgIpc) is 3.08. The highest BCUT2D eigenvalue weighted by Crippen LogP contribution is 2.43. The summed E-state index contributed by atoms with van der Waals surface area (Å²) in [6, 6.07) is 0. The summed E-state index contributed by atoms with van der Waals surface area (Å²) in [7, 11) is 0. The fourth-order valence-electron chi connectivity index (χ4n) is 3.65. The minimum atomic E-state index is -0.892. The molecule has 0 aromatic carbocycles. The molecule has 3 rings (SSSR count). The first kappa shape index (κ1) is 16.0. The number of fused-ring (bicyclic) bond motifs is 1. The van der Waals surface area contributed by atoms with Crippen LogP contribution in [0.3, 0.4) is 0 Å². The lowest BCUT2D eigenvalue weighted by Gasteiger charge is -2.33. The maximum absolute atomic E-state index is 13.0. The molecule has 0 radical (unpaired) electrons. The molecular weight excluding hydrogens is 300 g/mol. The lowest BCUT2D eigenvalue weighted by atomic mass is 9.74. The van der Waals surface area contributed by atoms with Crippen LogP contribution in [0.15, 0.2) is 4.52 Å². The first-order valence-corrected chi connectivity index (χ1v) is 7.93. The Morgan fingerprint density at radius 1 is 1.43 bits per heavy atom. The van der Waals surface area contributed by atoms with Gasteiger partial charge in [-0.1, -0.05) is 19.0 Å². The van der Waals surface area contributed by atoms with Crippen molar-refractivity contribution in [3.63, 3.8) is 0 Å². The van der Waals surface area contributed by atoms with Gasteiger partial charge in [0.05, 0.1) is 17.7 Å². The van der Waals surface area contributed by atoms with Crippen molar-refractivity contribution in [2.75, 3.05) is 26.3 Å². The Morgan fingerprint density at radius 3 is 2.78 bits per heavy atom. The highest BCUT2D eigenvalue weighted by atomic mass is 16.5. The largest absolute Gasteiger partial charge is 0.481 e. The number of carboxylic acids is 1. The third-order valence-corrected chi connectivity index (χ3v) is 5.05. The number of hydrogen-bond donors (Lipinski definition) is 1. The van der Waals surface area contributed by atoms with Gasteiger partial charge in [0.1, 0.15) is 5.56 Å². The molecule has 23 heavy (non-hydrogen) atoms. The summed E-state index contributed by atoms with van der Waals surface area (Å²) in [5.41, 5.74) is 0.131. The molecule has 7 heteroatoms. The molecular formula is C16H22N2O5. The second-order valence-electron chi connectivity index (χ2n) is 6.83. The number of likely N-dealkylation sites (tertiary alicyclic amines) is 1. The van der Waals surface area contributed by atoms with E-state index in [-0.39, 0.29) is 24.3 Å². The molecule has 1 aromatic heterocycles. The predicted octanol–water partition coefficient (Wildman–Crippen LogP) is 1.67. The van der Waals surface area contributed by atoms with Gasteiger partial charge in [-0.05, 0) is 13.3 Å². The van der Waals surface area contributed by atoms with Crippen molar-refractivity contribution >= 4 is 11.9 Å². The molecule has 0 aliphatic carbocycles. The Kier molecular flexibility index (Phi) is 3.91. The number of carbonyl (C=O) groups is 2. The van der Waals surface area contributed by atoms with Crippen LogP contribution in [0.4, 0.5) is 0 Å². The Hall–Kier alpha value is -1.89. The van der Waals surface area contributed by atoms with Crippen molar-refractivity contribution in [3.8, 4) is 0 Å². The minimum absolute atomic E-state index is 0.0387. The topological polar surface area (TPSA) is 92.9 Å². The van der Waals surface area contributed by atoms with Gasteiger partial charge in [-0.3, -0.25) is 9.59 Å². The van der Waals surface area contributed by atoms with Crippen molar-refractivity contribution in [2.45, 2.75) is 33.1 Å². The van der Waals surface area contributed by atoms with E-state index in [2.05, 4.69) is 5.16 Å². The number of ether oxygens (including phenoxy) is 1. The molecule has 3 heterocycles. The Bertz CT molecular complexity index is 638. The molecule has 1 aromatic rings. The fourth-order valence-corrected chi connectivity index (χ4v) is 3.65. The predicted molar refractivity (Wildman–Crippen MR) is 80.2 cm³/mol. The summed E-state index contributed by atoms with van der Waals surface area (Å²) in [6.07, 6.45) is 0.441. The number of amides is 1. The molecule has 2 saturated heterocycles. The number of hydrogen-bond acceptors (Lipinski definition) is 5. The van der Waals surface area contributed by atoms with E-state index in [0.29, 0.717) is 43.2 Å². The van der Waals surface area contributed by atoms with Gasteiger partial charge in [0.2, 0.25) is 0 Å². The zero-order valence-corrected chi connectivity index (χ0v) is 13.7. The second kappa shape index (κ2) is 5.63. The van der Waals surface area contributed by atoms with Crippen LogP contribution in [0.2, 0.25) is 0 Å². The average molecular weight is 322 g/mol. The van der Waals surface area contributed by atoms with E-state index in [1.54, 1.807) is 11.8 Å². The normalized spacial score (nSPS) is 27.3. The molecule has 1 amide bonds. The van der Waals surface area contributed by atoms with E-state index < -0.39 is 11.4 Å². The van der Waals surface area contributed by atoms with E-state index >= 15 is 0 Å². The van der Waals surface area contributed by atoms with Crippen LogP contribution in [0, 0.1) is 18.3 Å². The maximum Gasteiger partial charge on any atom is 0.311 e. The number of carbonyl (C=O) groups excluding carboxylic acids is 1. The van der Waals surface area contributed by atoms with Crippen molar-refractivity contribution in [1.29, 1.82) is 0 Å². The van der Waals surface area contributed by atoms with Gasteiger partial charge in [0.25, 0.3) is 5.91 Å². The van der Waals surface area contributed by atoms with Crippen LogP contribution in [0.1, 0.15) is 48.0 Å². The molecule has 126 valence electrons. The number of nitrogens with zero attached hydrogens (tertiary/aromatic N) is 2. The van der Waals surface area contributed by atoms with Crippen LogP contribution in [-0.2, 0) is 9.53 Å². The number of aliphatic carboxylic acids is 1. The molecule has 2 aliphatic heterocycles. The molecule has 1 N–H and O–H groups in total. The Labute approximate surface area is 134 Å². The van der Waals surface area contributed by atoms with Gasteiger partial charge >= 0.3 is 5.97 Å². The minimum Gasteiger partial charge on any atom is -0.481 e. The van der Waals surface area contributed by atoms with Gasteiger partial charge in [-0.15, -0.1) is 0 Å². The van der Waals surface area contributed by atoms with Gasteiger partial charge in [-0.25, -0.2) is 0 Å². The third kappa shape index (κ3) is 2.43. The lowest BCUT2D eigenvalue weighted by Crippen LogP contribution is -2.45. The first-order chi connectivity index (χ1) is 10.9. The number of aromatic nitrogens is 1. The van der Waals surface area contributed by atoms with Gasteiger partial charge < -0.3 is 19.3 Å². The standard InChI is InChI=1S/C16H22N2O5/c1-9(2)13-12(10(3)17-23-13)14(19)18-6-11-7-22-5-4-16(11,8-18)15(20)21/h9,11H,4-8H2,1-3H3,(H,20,21)/t11-,16+/m0/s1. The molecule has 0 spiro atoms. The van der Waals surface area contributed by atoms with E-state index in [1.165, 1.54) is 0 Å². The SMILES string of the molecule is Cc1noc(C(C)C)c1C(=O)N1C[C@H]2COCC[C@@]2(C(=O)O)C1. The Balaban J connectivity index is 1.90. The van der Waals surface area contributed by atoms with Crippen molar-refractivity contribution in [2.24, 2.45) is 11.3 Å². The molecule has 0 bridgehead atoms. The summed E-state index contributed by atoms with van der Waals surface area (Å²) >= 11 is 0. The van der Waals surface area contributed by atoms with E-state index in [4.69, 9.17) is 9.26 Å². The maximum atomic E-state index is 13.0. The molecule has 2 aliphatic rings. The van der Waals surface area contributed by atoms with Crippen LogP contribution in [0.5, 0.6) is 0 Å². The summed E-state index contributed by atoms with van der Waals surface area (Å²) in [5, 5.41) is 13.6. The monoisotopic (exact) mass is 322 g/mol. The fraction of sp³-hybridized carbons (Fsp3) is 0.688. The molecule has 2 atom stereocenters. The van der Waals surface area contributed by atoms with Crippen molar-refractivity contribution < 1.29 is 24.0 Å². The van der Waals surface area contributed by atoms with E-state index in [0.717, 1.165) is 0 Å². The van der Waals surface area contributed by atoms with Crippen molar-refractivity contribution in [3.05, 3.63) is 17.0 Å². The first-order valence-electron chi connectivity index (χ1n) is 7.93. The van der Waals surface area contributed by atoms with Crippen molar-refractivity contribution in [1.82, 2.24) is 10.1 Å². The number of carboxylic acid groups (broad SMARTS) is 1. The zero-order valence-electron chi connectivity index (χ0n) is 13.7. The molecule has 0 saturated carbocycles. The molecule has 7 nitrogen and oxygen atoms in total. The quantitative estimate of drug-likeness (QED) is 0.910. The second-order valence-corrected chi connectivity index (χ2v) is 6.83. The summed E-state index contributed by atoms with van der Waals surface area (Å²) in [6.45, 7) is 7.04. The summed E-state index contributed by atoms with van der Waals surface area (Å²) < 4.78 is 10.7. The van der Waals surface area contributed by atoms with Crippen LogP contribution >= 0.6 is 0 Å². The lowest BCUT2D eigenvalue weighted by molar-refractivity contribution is -0.157. The number of rotatable bonds is 3. The molecule has 2 fully saturated rings. The van der Waals surface area contributed by atoms with Crippen LogP contribution in [0.25, 0.3) is 0 Å². The summed E-state index contributed by atoms with van der Waals surface area (Å²) in [4.78, 5) is 26.4. The highest BCUT2D eigenvalue weighted by molar-refractivity contribution is 5.97. The zero-order chi connectivity index (χ0) is 16.8. The van der Waals surface area contributed by atoms with Crippen LogP contribution in [-0.4, -0.2) is 53.3 Å². The van der Waals surface area contributed by atoms with E-state index in [9.17, 15) is 14.7 Å². The number of aryl methyl sites for hydroxylation is 1. The summed E-state index contributed by atoms with van der Waals surface area (Å²) in [5.74, 6) is -0.602. The molecule has 0 unspecified atom stereocenters. The van der Waals surface area contributed by atoms with Gasteiger partial charge in [-0.2, -0.15) is 0 Å². The highest BCUT2D eigenvalue weighted by Gasteiger charge is 2.55. The van der Waals surface area contributed by atoms with Crippen LogP contribution < -0.4 is 0 Å².